The molecule has 0 bridgehead atoms. The Balaban J connectivity index is 2.76. The first kappa shape index (κ1) is 16.1. The number of hydrogen-bond donors (Lipinski definition) is 0. The van der Waals surface area contributed by atoms with E-state index in [9.17, 15) is 18.4 Å². The number of ketones is 1. The van der Waals surface area contributed by atoms with E-state index in [0.29, 0.717) is 0 Å². The van der Waals surface area contributed by atoms with Crippen LogP contribution >= 0.6 is 0 Å². The van der Waals surface area contributed by atoms with E-state index < -0.39 is 24.6 Å². The fourth-order valence-corrected chi connectivity index (χ4v) is 1.26. The fourth-order valence-electron chi connectivity index (χ4n) is 1.26. The van der Waals surface area contributed by atoms with Gasteiger partial charge in [-0.3, -0.25) is 4.79 Å². The van der Waals surface area contributed by atoms with Gasteiger partial charge in [-0.15, -0.1) is 0 Å². The second-order valence-electron chi connectivity index (χ2n) is 5.12. The van der Waals surface area contributed by atoms with Crippen molar-refractivity contribution >= 4 is 11.8 Å². The van der Waals surface area contributed by atoms with Crippen LogP contribution in [0.5, 0.6) is 5.75 Å². The lowest BCUT2D eigenvalue weighted by atomic mass is 9.91. The Hall–Kier alpha value is -1.98. The standard InChI is InChI=1S/C14H16F2O4/c1-14(2,3)11(17)8-19-12(18)9-6-4-5-7-10(9)20-13(15)16/h4-7,13H,8H2,1-3H3. The predicted octanol–water partition coefficient (Wildman–Crippen LogP) is 3.06. The molecule has 6 heteroatoms. The van der Waals surface area contributed by atoms with Crippen molar-refractivity contribution in [1.82, 2.24) is 0 Å². The maximum absolute atomic E-state index is 12.2. The first-order valence-electron chi connectivity index (χ1n) is 5.96. The van der Waals surface area contributed by atoms with E-state index in [-0.39, 0.29) is 17.1 Å². The van der Waals surface area contributed by atoms with Crippen molar-refractivity contribution in [2.24, 2.45) is 5.41 Å². The van der Waals surface area contributed by atoms with Crippen molar-refractivity contribution in [3.05, 3.63) is 29.8 Å². The van der Waals surface area contributed by atoms with Crippen LogP contribution in [0.15, 0.2) is 24.3 Å². The van der Waals surface area contributed by atoms with Crippen molar-refractivity contribution in [3.8, 4) is 5.75 Å². The van der Waals surface area contributed by atoms with Gasteiger partial charge in [0.05, 0.1) is 0 Å². The van der Waals surface area contributed by atoms with Gasteiger partial charge in [-0.2, -0.15) is 8.78 Å². The van der Waals surface area contributed by atoms with Gasteiger partial charge in [0.25, 0.3) is 0 Å². The Bertz CT molecular complexity index is 492. The van der Waals surface area contributed by atoms with Gasteiger partial charge < -0.3 is 9.47 Å². The minimum atomic E-state index is -3.04. The maximum atomic E-state index is 12.2. The topological polar surface area (TPSA) is 52.6 Å². The molecule has 1 rings (SSSR count). The van der Waals surface area contributed by atoms with Gasteiger partial charge in [-0.05, 0) is 12.1 Å². The molecule has 0 saturated carbocycles. The minimum absolute atomic E-state index is 0.144. The Morgan fingerprint density at radius 1 is 1.20 bits per heavy atom. The number of ether oxygens (including phenoxy) is 2. The van der Waals surface area contributed by atoms with Crippen LogP contribution in [0, 0.1) is 5.41 Å². The van der Waals surface area contributed by atoms with Crippen molar-refractivity contribution in [3.63, 3.8) is 0 Å². The molecule has 0 saturated heterocycles. The molecule has 0 heterocycles. The number of para-hydroxylation sites is 1. The number of alkyl halides is 2. The fraction of sp³-hybridized carbons (Fsp3) is 0.429. The van der Waals surface area contributed by atoms with E-state index in [1.54, 1.807) is 20.8 Å². The highest BCUT2D eigenvalue weighted by Crippen LogP contribution is 2.21. The van der Waals surface area contributed by atoms with E-state index in [1.807, 2.05) is 0 Å². The average molecular weight is 286 g/mol. The minimum Gasteiger partial charge on any atom is -0.454 e. The molecule has 0 spiro atoms. The molecule has 0 amide bonds. The van der Waals surface area contributed by atoms with Gasteiger partial charge in [0.1, 0.15) is 11.3 Å². The highest BCUT2D eigenvalue weighted by molar-refractivity contribution is 5.94. The summed E-state index contributed by atoms with van der Waals surface area (Å²) < 4.78 is 33.5. The number of halogens is 2. The lowest BCUT2D eigenvalue weighted by molar-refractivity contribution is -0.129. The van der Waals surface area contributed by atoms with E-state index in [1.165, 1.54) is 24.3 Å². The van der Waals surface area contributed by atoms with Crippen LogP contribution in [0.3, 0.4) is 0 Å². The molecule has 1 aromatic carbocycles. The summed E-state index contributed by atoms with van der Waals surface area (Å²) in [5.74, 6) is -1.42. The second kappa shape index (κ2) is 6.45. The molecule has 0 aliphatic rings. The van der Waals surface area contributed by atoms with Crippen LogP contribution in [0.2, 0.25) is 0 Å². The Kier molecular flexibility index (Phi) is 5.19. The quantitative estimate of drug-likeness (QED) is 0.781. The van der Waals surface area contributed by atoms with Gasteiger partial charge in [0.15, 0.2) is 12.4 Å². The largest absolute Gasteiger partial charge is 0.454 e. The molecule has 0 aromatic heterocycles. The van der Waals surface area contributed by atoms with E-state index in [4.69, 9.17) is 4.74 Å². The van der Waals surface area contributed by atoms with Gasteiger partial charge in [-0.25, -0.2) is 4.79 Å². The lowest BCUT2D eigenvalue weighted by Crippen LogP contribution is -2.26. The van der Waals surface area contributed by atoms with Crippen LogP contribution in [-0.2, 0) is 9.53 Å². The number of carbonyl (C=O) groups is 2. The molecule has 0 radical (unpaired) electrons. The van der Waals surface area contributed by atoms with E-state index in [2.05, 4.69) is 4.74 Å². The van der Waals surface area contributed by atoms with Gasteiger partial charge >= 0.3 is 12.6 Å². The summed E-state index contributed by atoms with van der Waals surface area (Å²) in [5.41, 5.74) is -0.784. The van der Waals surface area contributed by atoms with Crippen LogP contribution in [0.4, 0.5) is 8.78 Å². The highest BCUT2D eigenvalue weighted by Gasteiger charge is 2.24. The molecule has 0 N–H and O–H groups in total. The summed E-state index contributed by atoms with van der Waals surface area (Å²) in [5, 5.41) is 0. The van der Waals surface area contributed by atoms with Crippen LogP contribution in [0.1, 0.15) is 31.1 Å². The first-order valence-corrected chi connectivity index (χ1v) is 5.96. The number of carbonyl (C=O) groups excluding carboxylic acids is 2. The molecular formula is C14H16F2O4. The molecule has 1 aromatic rings. The van der Waals surface area contributed by atoms with E-state index in [0.717, 1.165) is 0 Å². The van der Waals surface area contributed by atoms with Crippen LogP contribution in [-0.4, -0.2) is 25.0 Å². The molecule has 0 aliphatic carbocycles. The van der Waals surface area contributed by atoms with Crippen molar-refractivity contribution < 1.29 is 27.8 Å². The molecule has 0 atom stereocenters. The summed E-state index contributed by atoms with van der Waals surface area (Å²) >= 11 is 0. The number of hydrogen-bond acceptors (Lipinski definition) is 4. The molecule has 4 nitrogen and oxygen atoms in total. The SMILES string of the molecule is CC(C)(C)C(=O)COC(=O)c1ccccc1OC(F)F. The normalized spacial score (nSPS) is 11.3. The summed E-state index contributed by atoms with van der Waals surface area (Å²) in [7, 11) is 0. The monoisotopic (exact) mass is 286 g/mol. The van der Waals surface area contributed by atoms with Gasteiger partial charge in [0.2, 0.25) is 0 Å². The average Bonchev–Trinajstić information content (AvgIpc) is 2.34. The Morgan fingerprint density at radius 2 is 1.80 bits per heavy atom. The van der Waals surface area contributed by atoms with Crippen molar-refractivity contribution in [2.75, 3.05) is 6.61 Å². The van der Waals surface area contributed by atoms with Gasteiger partial charge in [-0.1, -0.05) is 32.9 Å². The maximum Gasteiger partial charge on any atom is 0.387 e. The zero-order valence-corrected chi connectivity index (χ0v) is 11.5. The molecule has 0 unspecified atom stereocenters. The zero-order chi connectivity index (χ0) is 15.3. The lowest BCUT2D eigenvalue weighted by Gasteiger charge is -2.16. The van der Waals surface area contributed by atoms with Crippen molar-refractivity contribution in [1.29, 1.82) is 0 Å². The summed E-state index contributed by atoms with van der Waals surface area (Å²) in [6, 6.07) is 5.46. The summed E-state index contributed by atoms with van der Waals surface area (Å²) in [6.45, 7) is 1.62. The third kappa shape index (κ3) is 4.60. The highest BCUT2D eigenvalue weighted by atomic mass is 19.3. The van der Waals surface area contributed by atoms with Crippen LogP contribution in [0.25, 0.3) is 0 Å². The van der Waals surface area contributed by atoms with E-state index >= 15 is 0 Å². The number of Topliss-reactive ketones (excluding diaryl/α,β-unsaturated/α-hetero) is 1. The molecule has 0 fully saturated rings. The molecular weight excluding hydrogens is 270 g/mol. The summed E-state index contributed by atoms with van der Waals surface area (Å²) in [4.78, 5) is 23.4. The third-order valence-electron chi connectivity index (χ3n) is 2.49. The van der Waals surface area contributed by atoms with Crippen LogP contribution < -0.4 is 4.74 Å². The molecule has 0 aliphatic heterocycles. The van der Waals surface area contributed by atoms with Crippen molar-refractivity contribution in [2.45, 2.75) is 27.4 Å². The predicted molar refractivity (Wildman–Crippen MR) is 67.8 cm³/mol. The second-order valence-corrected chi connectivity index (χ2v) is 5.12. The number of esters is 1. The first-order chi connectivity index (χ1) is 9.21. The number of benzene rings is 1. The Morgan fingerprint density at radius 3 is 2.35 bits per heavy atom. The Labute approximate surface area is 115 Å². The van der Waals surface area contributed by atoms with Gasteiger partial charge in [0, 0.05) is 5.41 Å². The molecule has 110 valence electrons. The number of rotatable bonds is 5. The molecule has 20 heavy (non-hydrogen) atoms. The smallest absolute Gasteiger partial charge is 0.387 e. The third-order valence-corrected chi connectivity index (χ3v) is 2.49. The summed E-state index contributed by atoms with van der Waals surface area (Å²) in [6.07, 6.45) is 0. The zero-order valence-electron chi connectivity index (χ0n) is 11.5.